The number of nitrogens with one attached hydrogen (secondary N) is 1. The standard InChI is InChI=1S/C13H14Cl2N2O4/c1-7-6-17(2-3-21-7)13(20)16-11-9(14)4-8(12(18)19)5-10(11)15/h4-5,7H,2-3,6H2,1H3,(H,16,20)(H,18,19). The third-order valence-electron chi connectivity index (χ3n) is 3.05. The highest BCUT2D eigenvalue weighted by molar-refractivity contribution is 6.40. The summed E-state index contributed by atoms with van der Waals surface area (Å²) < 4.78 is 5.36. The number of hydrogen-bond donors (Lipinski definition) is 2. The molecular formula is C13H14Cl2N2O4. The van der Waals surface area contributed by atoms with E-state index in [0.717, 1.165) is 0 Å². The molecule has 0 aromatic heterocycles. The van der Waals surface area contributed by atoms with Crippen molar-refractivity contribution in [2.24, 2.45) is 0 Å². The number of morpholine rings is 1. The van der Waals surface area contributed by atoms with Gasteiger partial charge in [-0.15, -0.1) is 0 Å². The van der Waals surface area contributed by atoms with E-state index in [1.807, 2.05) is 6.92 Å². The first-order valence-electron chi connectivity index (χ1n) is 6.28. The molecule has 1 atom stereocenters. The number of carboxylic acids is 1. The number of anilines is 1. The summed E-state index contributed by atoms with van der Waals surface area (Å²) in [4.78, 5) is 24.6. The molecular weight excluding hydrogens is 319 g/mol. The number of amides is 2. The van der Waals surface area contributed by atoms with Crippen molar-refractivity contribution in [3.63, 3.8) is 0 Å². The van der Waals surface area contributed by atoms with Crippen molar-refractivity contribution in [3.05, 3.63) is 27.7 Å². The molecule has 0 spiro atoms. The molecule has 21 heavy (non-hydrogen) atoms. The maximum absolute atomic E-state index is 12.2. The van der Waals surface area contributed by atoms with E-state index in [0.29, 0.717) is 19.7 Å². The Bertz CT molecular complexity index is 556. The van der Waals surface area contributed by atoms with Crippen molar-refractivity contribution in [1.82, 2.24) is 4.90 Å². The molecule has 1 fully saturated rings. The normalized spacial score (nSPS) is 18.4. The molecule has 6 nitrogen and oxygen atoms in total. The van der Waals surface area contributed by atoms with Gasteiger partial charge < -0.3 is 20.1 Å². The van der Waals surface area contributed by atoms with Crippen LogP contribution in [0.3, 0.4) is 0 Å². The van der Waals surface area contributed by atoms with Gasteiger partial charge in [-0.2, -0.15) is 0 Å². The Balaban J connectivity index is 2.15. The second kappa shape index (κ2) is 6.51. The summed E-state index contributed by atoms with van der Waals surface area (Å²) in [6, 6.07) is 2.14. The monoisotopic (exact) mass is 332 g/mol. The van der Waals surface area contributed by atoms with E-state index in [2.05, 4.69) is 5.32 Å². The second-order valence-corrected chi connectivity index (χ2v) is 5.49. The molecule has 2 amide bonds. The fraction of sp³-hybridized carbons (Fsp3) is 0.385. The van der Waals surface area contributed by atoms with Crippen molar-refractivity contribution in [1.29, 1.82) is 0 Å². The highest BCUT2D eigenvalue weighted by Crippen LogP contribution is 2.32. The smallest absolute Gasteiger partial charge is 0.335 e. The number of halogens is 2. The molecule has 2 N–H and O–H groups in total. The Kier molecular flexibility index (Phi) is 4.92. The van der Waals surface area contributed by atoms with Crippen LogP contribution >= 0.6 is 23.2 Å². The first-order valence-corrected chi connectivity index (χ1v) is 7.04. The Labute approximate surface area is 131 Å². The summed E-state index contributed by atoms with van der Waals surface area (Å²) in [5.74, 6) is -1.14. The lowest BCUT2D eigenvalue weighted by atomic mass is 10.2. The number of hydrogen-bond acceptors (Lipinski definition) is 3. The van der Waals surface area contributed by atoms with E-state index < -0.39 is 5.97 Å². The number of urea groups is 1. The van der Waals surface area contributed by atoms with Crippen LogP contribution in [0.15, 0.2) is 12.1 Å². The lowest BCUT2D eigenvalue weighted by Crippen LogP contribution is -2.46. The highest BCUT2D eigenvalue weighted by Gasteiger charge is 2.23. The quantitative estimate of drug-likeness (QED) is 0.872. The molecule has 1 aromatic carbocycles. The Morgan fingerprint density at radius 1 is 1.38 bits per heavy atom. The SMILES string of the molecule is CC1CN(C(=O)Nc2c(Cl)cc(C(=O)O)cc2Cl)CCO1. The molecule has 0 bridgehead atoms. The summed E-state index contributed by atoms with van der Waals surface area (Å²) in [7, 11) is 0. The van der Waals surface area contributed by atoms with Crippen LogP contribution in [0.25, 0.3) is 0 Å². The molecule has 1 heterocycles. The van der Waals surface area contributed by atoms with E-state index in [-0.39, 0.29) is 33.4 Å². The van der Waals surface area contributed by atoms with E-state index in [4.69, 9.17) is 33.0 Å². The lowest BCUT2D eigenvalue weighted by molar-refractivity contribution is -0.00138. The minimum absolute atomic E-state index is 0.0372. The van der Waals surface area contributed by atoms with Gasteiger partial charge in [-0.3, -0.25) is 0 Å². The average molecular weight is 333 g/mol. The second-order valence-electron chi connectivity index (χ2n) is 4.68. The molecule has 1 unspecified atom stereocenters. The van der Waals surface area contributed by atoms with Crippen LogP contribution < -0.4 is 5.32 Å². The van der Waals surface area contributed by atoms with Crippen LogP contribution in [-0.2, 0) is 4.74 Å². The van der Waals surface area contributed by atoms with E-state index in [1.54, 1.807) is 4.90 Å². The van der Waals surface area contributed by atoms with Crippen molar-refractivity contribution in [2.45, 2.75) is 13.0 Å². The van der Waals surface area contributed by atoms with Gasteiger partial charge in [0.05, 0.1) is 34.0 Å². The Morgan fingerprint density at radius 3 is 2.52 bits per heavy atom. The van der Waals surface area contributed by atoms with Crippen LogP contribution in [0.4, 0.5) is 10.5 Å². The number of aromatic carboxylic acids is 1. The van der Waals surface area contributed by atoms with Crippen molar-refractivity contribution in [2.75, 3.05) is 25.0 Å². The average Bonchev–Trinajstić information content (AvgIpc) is 2.42. The number of carboxylic acid groups (broad SMARTS) is 1. The predicted octanol–water partition coefficient (Wildman–Crippen LogP) is 2.94. The van der Waals surface area contributed by atoms with Crippen molar-refractivity contribution in [3.8, 4) is 0 Å². The molecule has 1 aliphatic heterocycles. The summed E-state index contributed by atoms with van der Waals surface area (Å²) in [6.45, 7) is 3.28. The molecule has 1 saturated heterocycles. The van der Waals surface area contributed by atoms with Gasteiger partial charge in [0.2, 0.25) is 0 Å². The molecule has 1 aromatic rings. The van der Waals surface area contributed by atoms with Gasteiger partial charge in [0.25, 0.3) is 0 Å². The lowest BCUT2D eigenvalue weighted by Gasteiger charge is -2.31. The maximum Gasteiger partial charge on any atom is 0.335 e. The maximum atomic E-state index is 12.2. The first-order chi connectivity index (χ1) is 9.88. The molecule has 0 aliphatic carbocycles. The predicted molar refractivity (Wildman–Crippen MR) is 79.4 cm³/mol. The number of ether oxygens (including phenoxy) is 1. The summed E-state index contributed by atoms with van der Waals surface area (Å²) in [6.07, 6.45) is -0.0372. The molecule has 0 saturated carbocycles. The molecule has 8 heteroatoms. The molecule has 2 rings (SSSR count). The van der Waals surface area contributed by atoms with Crippen LogP contribution in [0, 0.1) is 0 Å². The zero-order chi connectivity index (χ0) is 15.6. The van der Waals surface area contributed by atoms with Gasteiger partial charge >= 0.3 is 12.0 Å². The van der Waals surface area contributed by atoms with Gasteiger partial charge in [-0.1, -0.05) is 23.2 Å². The van der Waals surface area contributed by atoms with Crippen molar-refractivity contribution < 1.29 is 19.4 Å². The summed E-state index contributed by atoms with van der Waals surface area (Å²) in [5.41, 5.74) is 0.162. The fourth-order valence-corrected chi connectivity index (χ4v) is 2.59. The van der Waals surface area contributed by atoms with Crippen LogP contribution in [0.1, 0.15) is 17.3 Å². The number of carbonyl (C=O) groups is 2. The summed E-state index contributed by atoms with van der Waals surface area (Å²) >= 11 is 12.0. The zero-order valence-electron chi connectivity index (χ0n) is 11.2. The minimum atomic E-state index is -1.14. The zero-order valence-corrected chi connectivity index (χ0v) is 12.7. The molecule has 114 valence electrons. The van der Waals surface area contributed by atoms with Gasteiger partial charge in [0.15, 0.2) is 0 Å². The van der Waals surface area contributed by atoms with E-state index in [1.165, 1.54) is 12.1 Å². The van der Waals surface area contributed by atoms with Crippen LogP contribution in [0.2, 0.25) is 10.0 Å². The van der Waals surface area contributed by atoms with Crippen molar-refractivity contribution >= 4 is 40.9 Å². The third kappa shape index (κ3) is 3.78. The number of rotatable bonds is 2. The van der Waals surface area contributed by atoms with Gasteiger partial charge in [0.1, 0.15) is 0 Å². The van der Waals surface area contributed by atoms with Gasteiger partial charge in [0, 0.05) is 13.1 Å². The molecule has 0 radical (unpaired) electrons. The topological polar surface area (TPSA) is 78.9 Å². The van der Waals surface area contributed by atoms with Crippen LogP contribution in [-0.4, -0.2) is 47.8 Å². The first kappa shape index (κ1) is 15.9. The van der Waals surface area contributed by atoms with Crippen LogP contribution in [0.5, 0.6) is 0 Å². The highest BCUT2D eigenvalue weighted by atomic mass is 35.5. The number of carbonyl (C=O) groups excluding carboxylic acids is 1. The molecule has 1 aliphatic rings. The number of benzene rings is 1. The van der Waals surface area contributed by atoms with Gasteiger partial charge in [-0.25, -0.2) is 9.59 Å². The largest absolute Gasteiger partial charge is 0.478 e. The Hall–Kier alpha value is -1.50. The minimum Gasteiger partial charge on any atom is -0.478 e. The Morgan fingerprint density at radius 2 is 2.00 bits per heavy atom. The summed E-state index contributed by atoms with van der Waals surface area (Å²) in [5, 5.41) is 11.7. The van der Waals surface area contributed by atoms with E-state index >= 15 is 0 Å². The third-order valence-corrected chi connectivity index (χ3v) is 3.65. The van der Waals surface area contributed by atoms with Gasteiger partial charge in [-0.05, 0) is 19.1 Å². The van der Waals surface area contributed by atoms with E-state index in [9.17, 15) is 9.59 Å². The number of nitrogens with zero attached hydrogens (tertiary/aromatic N) is 1. The fourth-order valence-electron chi connectivity index (χ4n) is 2.00.